The summed E-state index contributed by atoms with van der Waals surface area (Å²) in [7, 11) is 0. The van der Waals surface area contributed by atoms with E-state index in [0.29, 0.717) is 0 Å². The minimum atomic E-state index is 1.13. The molecular weight excluding hydrogens is 542 g/mol. The van der Waals surface area contributed by atoms with Crippen molar-refractivity contribution in [2.24, 2.45) is 0 Å². The average Bonchev–Trinajstić information content (AvgIpc) is 3.12. The van der Waals surface area contributed by atoms with Gasteiger partial charge >= 0.3 is 0 Å². The van der Waals surface area contributed by atoms with E-state index >= 15 is 0 Å². The molecule has 9 rings (SSSR count). The van der Waals surface area contributed by atoms with Gasteiger partial charge in [-0.3, -0.25) is 0 Å². The van der Waals surface area contributed by atoms with Crippen LogP contribution in [0.5, 0.6) is 0 Å². The molecule has 0 aliphatic rings. The van der Waals surface area contributed by atoms with Crippen molar-refractivity contribution in [3.8, 4) is 11.1 Å². The number of anilines is 3. The first-order valence-electron chi connectivity index (χ1n) is 15.5. The van der Waals surface area contributed by atoms with E-state index in [0.717, 1.165) is 17.1 Å². The van der Waals surface area contributed by atoms with Crippen LogP contribution in [0.3, 0.4) is 0 Å². The van der Waals surface area contributed by atoms with Crippen molar-refractivity contribution in [3.63, 3.8) is 0 Å². The van der Waals surface area contributed by atoms with Gasteiger partial charge in [0.1, 0.15) is 0 Å². The van der Waals surface area contributed by atoms with E-state index in [1.807, 2.05) is 0 Å². The Morgan fingerprint density at radius 2 is 0.844 bits per heavy atom. The molecule has 0 heterocycles. The summed E-state index contributed by atoms with van der Waals surface area (Å²) in [6.07, 6.45) is 0. The summed E-state index contributed by atoms with van der Waals surface area (Å²) in [5.41, 5.74) is 5.83. The minimum absolute atomic E-state index is 1.13. The fourth-order valence-electron chi connectivity index (χ4n) is 7.06. The molecule has 0 saturated heterocycles. The highest BCUT2D eigenvalue weighted by Gasteiger charge is 2.19. The van der Waals surface area contributed by atoms with Crippen LogP contribution >= 0.6 is 0 Å². The van der Waals surface area contributed by atoms with E-state index in [9.17, 15) is 0 Å². The van der Waals surface area contributed by atoms with Gasteiger partial charge in [-0.1, -0.05) is 146 Å². The van der Waals surface area contributed by atoms with Crippen LogP contribution in [-0.4, -0.2) is 0 Å². The van der Waals surface area contributed by atoms with Gasteiger partial charge in [-0.2, -0.15) is 0 Å². The standard InChI is InChI=1S/C44H29N/c1-2-11-30(12-3-1)34-15-10-16-36(27-34)45(37-26-25-33-22-21-31-13-4-6-17-38(31)42(33)29-37)43-28-35-24-23-32-14-5-7-18-39(32)44(35)41-20-9-8-19-40(41)43/h1-29H. The van der Waals surface area contributed by atoms with Crippen molar-refractivity contribution < 1.29 is 0 Å². The van der Waals surface area contributed by atoms with Gasteiger partial charge in [0.05, 0.1) is 5.69 Å². The van der Waals surface area contributed by atoms with E-state index in [4.69, 9.17) is 0 Å². The number of fused-ring (bicyclic) bond motifs is 8. The summed E-state index contributed by atoms with van der Waals surface area (Å²) in [6.45, 7) is 0. The molecule has 0 amide bonds. The molecule has 0 spiro atoms. The lowest BCUT2D eigenvalue weighted by atomic mass is 9.94. The molecule has 0 saturated carbocycles. The maximum Gasteiger partial charge on any atom is 0.0546 e. The van der Waals surface area contributed by atoms with Gasteiger partial charge in [0.15, 0.2) is 0 Å². The van der Waals surface area contributed by atoms with Crippen LogP contribution in [0.4, 0.5) is 17.1 Å². The lowest BCUT2D eigenvalue weighted by Crippen LogP contribution is -2.11. The van der Waals surface area contributed by atoms with Crippen LogP contribution in [0.15, 0.2) is 176 Å². The summed E-state index contributed by atoms with van der Waals surface area (Å²) < 4.78 is 0. The Morgan fingerprint density at radius 1 is 0.289 bits per heavy atom. The SMILES string of the molecule is c1ccc(-c2cccc(N(c3ccc4ccc5ccccc5c4c3)c3cc4ccc5ccccc5c4c4ccccc34)c2)cc1. The molecule has 9 aromatic carbocycles. The molecule has 0 aliphatic heterocycles. The van der Waals surface area contributed by atoms with Gasteiger partial charge < -0.3 is 4.90 Å². The number of rotatable bonds is 4. The molecule has 0 aromatic heterocycles. The molecule has 0 atom stereocenters. The second-order valence-electron chi connectivity index (χ2n) is 11.8. The van der Waals surface area contributed by atoms with E-state index in [1.165, 1.54) is 65.0 Å². The minimum Gasteiger partial charge on any atom is -0.310 e. The highest BCUT2D eigenvalue weighted by molar-refractivity contribution is 6.23. The molecule has 1 nitrogen and oxygen atoms in total. The first-order valence-corrected chi connectivity index (χ1v) is 15.5. The zero-order valence-electron chi connectivity index (χ0n) is 24.7. The molecule has 0 fully saturated rings. The topological polar surface area (TPSA) is 3.24 Å². The molecule has 0 aliphatic carbocycles. The Morgan fingerprint density at radius 3 is 1.64 bits per heavy atom. The lowest BCUT2D eigenvalue weighted by molar-refractivity contribution is 1.31. The number of hydrogen-bond acceptors (Lipinski definition) is 1. The third-order valence-electron chi connectivity index (χ3n) is 9.17. The van der Waals surface area contributed by atoms with E-state index in [2.05, 4.69) is 181 Å². The second kappa shape index (κ2) is 10.4. The molecule has 45 heavy (non-hydrogen) atoms. The molecule has 0 radical (unpaired) electrons. The molecular formula is C44H29N. The van der Waals surface area contributed by atoms with Crippen molar-refractivity contribution in [2.75, 3.05) is 4.90 Å². The Hall–Kier alpha value is -5.92. The van der Waals surface area contributed by atoms with Crippen LogP contribution in [0.2, 0.25) is 0 Å². The van der Waals surface area contributed by atoms with Crippen LogP contribution in [0.25, 0.3) is 65.0 Å². The normalized spacial score (nSPS) is 11.6. The molecule has 9 aromatic rings. The number of hydrogen-bond donors (Lipinski definition) is 0. The zero-order valence-corrected chi connectivity index (χ0v) is 24.7. The van der Waals surface area contributed by atoms with Crippen molar-refractivity contribution >= 4 is 70.9 Å². The first kappa shape index (κ1) is 25.6. The lowest BCUT2D eigenvalue weighted by Gasteiger charge is -2.28. The summed E-state index contributed by atoms with van der Waals surface area (Å²) in [5.74, 6) is 0. The predicted molar refractivity (Wildman–Crippen MR) is 194 cm³/mol. The van der Waals surface area contributed by atoms with Crippen molar-refractivity contribution in [3.05, 3.63) is 176 Å². The van der Waals surface area contributed by atoms with Gasteiger partial charge in [-0.05, 0) is 89.9 Å². The highest BCUT2D eigenvalue weighted by atomic mass is 15.1. The van der Waals surface area contributed by atoms with E-state index in [-0.39, 0.29) is 0 Å². The summed E-state index contributed by atoms with van der Waals surface area (Å²) in [6, 6.07) is 64.1. The molecule has 0 unspecified atom stereocenters. The van der Waals surface area contributed by atoms with Crippen LogP contribution in [0, 0.1) is 0 Å². The Kier molecular flexibility index (Phi) is 5.89. The van der Waals surface area contributed by atoms with Crippen molar-refractivity contribution in [2.45, 2.75) is 0 Å². The predicted octanol–water partition coefficient (Wildman–Crippen LogP) is 12.6. The maximum absolute atomic E-state index is 2.45. The van der Waals surface area contributed by atoms with Gasteiger partial charge in [-0.15, -0.1) is 0 Å². The summed E-state index contributed by atoms with van der Waals surface area (Å²) in [4.78, 5) is 2.45. The Balaban J connectivity index is 1.37. The fraction of sp³-hybridized carbons (Fsp3) is 0. The fourth-order valence-corrected chi connectivity index (χ4v) is 7.06. The second-order valence-corrected chi connectivity index (χ2v) is 11.8. The number of benzene rings is 9. The van der Waals surface area contributed by atoms with Gasteiger partial charge in [0.2, 0.25) is 0 Å². The van der Waals surface area contributed by atoms with Crippen molar-refractivity contribution in [1.82, 2.24) is 0 Å². The molecule has 210 valence electrons. The number of nitrogens with zero attached hydrogens (tertiary/aromatic N) is 1. The third-order valence-corrected chi connectivity index (χ3v) is 9.17. The van der Waals surface area contributed by atoms with Crippen LogP contribution in [-0.2, 0) is 0 Å². The van der Waals surface area contributed by atoms with Gasteiger partial charge in [0, 0.05) is 16.8 Å². The smallest absolute Gasteiger partial charge is 0.0546 e. The molecule has 1 heteroatoms. The Labute approximate surface area is 262 Å². The largest absolute Gasteiger partial charge is 0.310 e. The van der Waals surface area contributed by atoms with Gasteiger partial charge in [-0.25, -0.2) is 0 Å². The zero-order chi connectivity index (χ0) is 29.7. The summed E-state index contributed by atoms with van der Waals surface area (Å²) >= 11 is 0. The third kappa shape index (κ3) is 4.24. The van der Waals surface area contributed by atoms with Crippen molar-refractivity contribution in [1.29, 1.82) is 0 Å². The van der Waals surface area contributed by atoms with E-state index < -0.39 is 0 Å². The first-order chi connectivity index (χ1) is 22.3. The van der Waals surface area contributed by atoms with Crippen LogP contribution < -0.4 is 4.90 Å². The maximum atomic E-state index is 2.45. The van der Waals surface area contributed by atoms with Gasteiger partial charge in [0.25, 0.3) is 0 Å². The molecule has 0 N–H and O–H groups in total. The monoisotopic (exact) mass is 571 g/mol. The van der Waals surface area contributed by atoms with E-state index in [1.54, 1.807) is 0 Å². The summed E-state index contributed by atoms with van der Waals surface area (Å²) in [5, 5.41) is 12.6. The average molecular weight is 572 g/mol. The quantitative estimate of drug-likeness (QED) is 0.190. The van der Waals surface area contributed by atoms with Crippen LogP contribution in [0.1, 0.15) is 0 Å². The molecule has 0 bridgehead atoms. The Bertz CT molecular complexity index is 2550. The highest BCUT2D eigenvalue weighted by Crippen LogP contribution is 2.45.